The average Bonchev–Trinajstić information content (AvgIpc) is 3.45. The van der Waals surface area contributed by atoms with E-state index in [1.165, 1.54) is 43.1 Å². The lowest BCUT2D eigenvalue weighted by Crippen LogP contribution is -2.30. The predicted octanol–water partition coefficient (Wildman–Crippen LogP) is 5.39. The number of hydrogen-bond acceptors (Lipinski definition) is 9. The van der Waals surface area contributed by atoms with Gasteiger partial charge in [0.1, 0.15) is 12.2 Å². The highest BCUT2D eigenvalue weighted by atomic mass is 16.7. The molecule has 0 saturated heterocycles. The lowest BCUT2D eigenvalue weighted by atomic mass is 10.00. The van der Waals surface area contributed by atoms with E-state index in [4.69, 9.17) is 19.0 Å². The van der Waals surface area contributed by atoms with Crippen LogP contribution in [0.4, 0.5) is 4.79 Å². The SMILES string of the molecule is COC(=O)c1cc(C(=O)OC)c2c(CON3C(=O)c4ccccc4C3=O)c(-c3ccccc3)n(C(=O)OC(C)(C)C)c2c1. The number of esters is 2. The number of carbonyl (C=O) groups is 5. The molecule has 3 aromatic carbocycles. The maximum atomic E-state index is 13.8. The monoisotopic (exact) mass is 584 g/mol. The Balaban J connectivity index is 1.79. The molecule has 5 rings (SSSR count). The zero-order valence-corrected chi connectivity index (χ0v) is 24.1. The minimum absolute atomic E-state index is 0.0230. The number of methoxy groups -OCH3 is 2. The van der Waals surface area contributed by atoms with Crippen molar-refractivity contribution in [2.24, 2.45) is 0 Å². The molecule has 0 unspecified atom stereocenters. The van der Waals surface area contributed by atoms with Crippen LogP contribution in [0.5, 0.6) is 0 Å². The van der Waals surface area contributed by atoms with E-state index in [2.05, 4.69) is 0 Å². The Kier molecular flexibility index (Phi) is 7.59. The van der Waals surface area contributed by atoms with E-state index >= 15 is 0 Å². The average molecular weight is 585 g/mol. The van der Waals surface area contributed by atoms with Gasteiger partial charge in [-0.25, -0.2) is 19.0 Å². The Hall–Kier alpha value is -5.29. The Morgan fingerprint density at radius 2 is 1.37 bits per heavy atom. The van der Waals surface area contributed by atoms with Crippen molar-refractivity contribution in [1.29, 1.82) is 0 Å². The number of fused-ring (bicyclic) bond motifs is 2. The standard InChI is InChI=1S/C32H28N2O9/c1-32(2,3)43-31(39)33-24-16-19(29(37)40-4)15-22(30(38)41-5)25(24)23(26(33)18-11-7-6-8-12-18)17-42-34-27(35)20-13-9-10-14-21(20)28(34)36/h6-16H,17H2,1-5H3. The van der Waals surface area contributed by atoms with Gasteiger partial charge in [0.15, 0.2) is 0 Å². The molecule has 11 nitrogen and oxygen atoms in total. The summed E-state index contributed by atoms with van der Waals surface area (Å²) in [4.78, 5) is 71.6. The molecule has 0 saturated carbocycles. The molecule has 220 valence electrons. The van der Waals surface area contributed by atoms with E-state index in [0.717, 1.165) is 0 Å². The van der Waals surface area contributed by atoms with E-state index in [-0.39, 0.29) is 44.4 Å². The molecule has 0 aliphatic carbocycles. The van der Waals surface area contributed by atoms with E-state index in [1.807, 2.05) is 0 Å². The molecule has 2 amide bonds. The van der Waals surface area contributed by atoms with Crippen LogP contribution in [0.3, 0.4) is 0 Å². The highest BCUT2D eigenvalue weighted by Crippen LogP contribution is 2.39. The number of benzene rings is 3. The molecule has 1 aliphatic heterocycles. The Morgan fingerprint density at radius 3 is 1.93 bits per heavy atom. The molecule has 4 aromatic rings. The lowest BCUT2D eigenvalue weighted by Gasteiger charge is -2.21. The number of hydroxylamine groups is 2. The van der Waals surface area contributed by atoms with Gasteiger partial charge in [-0.3, -0.25) is 14.4 Å². The van der Waals surface area contributed by atoms with E-state index in [1.54, 1.807) is 63.2 Å². The number of carbonyl (C=O) groups excluding carboxylic acids is 5. The molecule has 11 heteroatoms. The molecule has 1 aliphatic rings. The third-order valence-corrected chi connectivity index (χ3v) is 6.71. The molecular formula is C32H28N2O9. The van der Waals surface area contributed by atoms with Gasteiger partial charge in [0.2, 0.25) is 0 Å². The summed E-state index contributed by atoms with van der Waals surface area (Å²) in [7, 11) is 2.37. The highest BCUT2D eigenvalue weighted by Gasteiger charge is 2.38. The third-order valence-electron chi connectivity index (χ3n) is 6.71. The summed E-state index contributed by atoms with van der Waals surface area (Å²) < 4.78 is 16.9. The lowest BCUT2D eigenvalue weighted by molar-refractivity contribution is -0.100. The first-order valence-corrected chi connectivity index (χ1v) is 13.2. The van der Waals surface area contributed by atoms with Crippen molar-refractivity contribution >= 4 is 40.7 Å². The van der Waals surface area contributed by atoms with Crippen LogP contribution in [0.1, 0.15) is 67.8 Å². The van der Waals surface area contributed by atoms with Crippen molar-refractivity contribution < 1.29 is 43.0 Å². The van der Waals surface area contributed by atoms with Crippen LogP contribution in [0, 0.1) is 0 Å². The van der Waals surface area contributed by atoms with Crippen molar-refractivity contribution in [1.82, 2.24) is 9.63 Å². The van der Waals surface area contributed by atoms with Crippen LogP contribution in [-0.4, -0.2) is 59.3 Å². The summed E-state index contributed by atoms with van der Waals surface area (Å²) in [5.41, 5.74) is 0.539. The Bertz CT molecular complexity index is 1760. The minimum atomic E-state index is -0.913. The summed E-state index contributed by atoms with van der Waals surface area (Å²) in [6.07, 6.45) is -0.804. The van der Waals surface area contributed by atoms with Crippen molar-refractivity contribution in [3.8, 4) is 11.3 Å². The first-order valence-electron chi connectivity index (χ1n) is 13.2. The smallest absolute Gasteiger partial charge is 0.419 e. The maximum absolute atomic E-state index is 13.8. The molecule has 2 heterocycles. The maximum Gasteiger partial charge on any atom is 0.419 e. The van der Waals surface area contributed by atoms with Gasteiger partial charge in [0.05, 0.1) is 47.7 Å². The molecule has 0 radical (unpaired) electrons. The first-order chi connectivity index (χ1) is 20.5. The van der Waals surface area contributed by atoms with E-state index in [9.17, 15) is 24.0 Å². The summed E-state index contributed by atoms with van der Waals surface area (Å²) in [6, 6.07) is 17.8. The molecule has 0 fully saturated rings. The molecule has 0 N–H and O–H groups in total. The zero-order valence-electron chi connectivity index (χ0n) is 24.1. The van der Waals surface area contributed by atoms with Crippen molar-refractivity contribution in [2.75, 3.05) is 14.2 Å². The van der Waals surface area contributed by atoms with Gasteiger partial charge in [-0.1, -0.05) is 42.5 Å². The number of ether oxygens (including phenoxy) is 3. The van der Waals surface area contributed by atoms with Crippen LogP contribution in [-0.2, 0) is 25.7 Å². The normalized spacial score (nSPS) is 12.8. The van der Waals surface area contributed by atoms with Gasteiger partial charge >= 0.3 is 18.0 Å². The second kappa shape index (κ2) is 11.2. The summed E-state index contributed by atoms with van der Waals surface area (Å²) >= 11 is 0. The number of hydrogen-bond donors (Lipinski definition) is 0. The number of rotatable bonds is 6. The van der Waals surface area contributed by atoms with Crippen LogP contribution < -0.4 is 0 Å². The molecule has 43 heavy (non-hydrogen) atoms. The predicted molar refractivity (Wildman–Crippen MR) is 153 cm³/mol. The van der Waals surface area contributed by atoms with Crippen LogP contribution in [0.25, 0.3) is 22.2 Å². The van der Waals surface area contributed by atoms with Gasteiger partial charge in [0.25, 0.3) is 11.8 Å². The quantitative estimate of drug-likeness (QED) is 0.166. The topological polar surface area (TPSA) is 130 Å². The third kappa shape index (κ3) is 5.26. The fraction of sp³-hybridized carbons (Fsp3) is 0.219. The van der Waals surface area contributed by atoms with E-state index in [0.29, 0.717) is 10.6 Å². The minimum Gasteiger partial charge on any atom is -0.465 e. The summed E-state index contributed by atoms with van der Waals surface area (Å²) in [5.74, 6) is -2.87. The first kappa shape index (κ1) is 29.2. The van der Waals surface area contributed by atoms with Gasteiger partial charge in [-0.2, -0.15) is 0 Å². The summed E-state index contributed by atoms with van der Waals surface area (Å²) in [5, 5.41) is 0.845. The number of imide groups is 1. The van der Waals surface area contributed by atoms with Crippen LogP contribution >= 0.6 is 0 Å². The van der Waals surface area contributed by atoms with Gasteiger partial charge in [-0.15, -0.1) is 5.06 Å². The largest absolute Gasteiger partial charge is 0.465 e. The number of amides is 2. The summed E-state index contributed by atoms with van der Waals surface area (Å²) in [6.45, 7) is 4.67. The van der Waals surface area contributed by atoms with Crippen LogP contribution in [0.2, 0.25) is 0 Å². The van der Waals surface area contributed by atoms with Crippen molar-refractivity contribution in [3.05, 3.63) is 94.5 Å². The number of nitrogens with zero attached hydrogens (tertiary/aromatic N) is 2. The van der Waals surface area contributed by atoms with Gasteiger partial charge < -0.3 is 14.2 Å². The molecule has 0 bridgehead atoms. The zero-order chi connectivity index (χ0) is 31.1. The van der Waals surface area contributed by atoms with Gasteiger partial charge in [-0.05, 0) is 50.6 Å². The second-order valence-electron chi connectivity index (χ2n) is 10.6. The molecule has 1 aromatic heterocycles. The van der Waals surface area contributed by atoms with Gasteiger partial charge in [0, 0.05) is 10.9 Å². The van der Waals surface area contributed by atoms with Crippen molar-refractivity contribution in [3.63, 3.8) is 0 Å². The van der Waals surface area contributed by atoms with E-state index < -0.39 is 42.1 Å². The molecule has 0 atom stereocenters. The molecule has 0 spiro atoms. The highest BCUT2D eigenvalue weighted by molar-refractivity contribution is 6.20. The Labute approximate surface area is 246 Å². The van der Waals surface area contributed by atoms with Crippen molar-refractivity contribution in [2.45, 2.75) is 33.0 Å². The molecular weight excluding hydrogens is 556 g/mol. The second-order valence-corrected chi connectivity index (χ2v) is 10.6. The fourth-order valence-corrected chi connectivity index (χ4v) is 4.95. The Morgan fingerprint density at radius 1 is 0.791 bits per heavy atom. The fourth-order valence-electron chi connectivity index (χ4n) is 4.95. The number of aromatic nitrogens is 1. The van der Waals surface area contributed by atoms with Crippen LogP contribution in [0.15, 0.2) is 66.7 Å².